The number of rotatable bonds is 18. The lowest BCUT2D eigenvalue weighted by Crippen LogP contribution is -2.44. The van der Waals surface area contributed by atoms with Gasteiger partial charge in [-0.15, -0.1) is 0 Å². The Bertz CT molecular complexity index is 885. The molecule has 3 amide bonds. The molecule has 0 atom stereocenters. The maximum Gasteiger partial charge on any atom is 0.426 e. The average molecular weight is 551 g/mol. The van der Waals surface area contributed by atoms with E-state index in [1.54, 1.807) is 26.8 Å². The summed E-state index contributed by atoms with van der Waals surface area (Å²) in [5.41, 5.74) is 6.07. The van der Waals surface area contributed by atoms with Gasteiger partial charge < -0.3 is 14.2 Å². The zero-order valence-electron chi connectivity index (χ0n) is 24.6. The van der Waals surface area contributed by atoms with Crippen LogP contribution in [0.5, 0.6) is 11.5 Å². The van der Waals surface area contributed by atoms with Crippen LogP contribution in [-0.2, 0) is 4.74 Å². The maximum absolute atomic E-state index is 13.0. The Kier molecular flexibility index (Phi) is 16.7. The molecule has 0 aliphatic rings. The molecule has 0 aliphatic carbocycles. The number of amides is 3. The van der Waals surface area contributed by atoms with Crippen molar-refractivity contribution in [3.05, 3.63) is 23.3 Å². The van der Waals surface area contributed by atoms with Crippen molar-refractivity contribution in [1.82, 2.24) is 16.3 Å². The summed E-state index contributed by atoms with van der Waals surface area (Å²) in [6.07, 6.45) is 12.3. The van der Waals surface area contributed by atoms with Crippen LogP contribution in [0.3, 0.4) is 0 Å². The van der Waals surface area contributed by atoms with Crippen LogP contribution in [0.15, 0.2) is 12.1 Å². The van der Waals surface area contributed by atoms with Crippen molar-refractivity contribution < 1.29 is 28.6 Å². The minimum Gasteiger partial charge on any atom is -0.493 e. The molecule has 0 saturated heterocycles. The fraction of sp³-hybridized carbons (Fsp3) is 0.690. The lowest BCUT2D eigenvalue weighted by molar-refractivity contribution is 0.0482. The van der Waals surface area contributed by atoms with Crippen LogP contribution in [-0.4, -0.2) is 36.7 Å². The van der Waals surface area contributed by atoms with Crippen molar-refractivity contribution >= 4 is 17.9 Å². The molecular weight excluding hydrogens is 500 g/mol. The Hall–Kier alpha value is -3.01. The summed E-state index contributed by atoms with van der Waals surface area (Å²) in [7, 11) is 0. The summed E-state index contributed by atoms with van der Waals surface area (Å²) >= 11 is 0. The molecule has 1 aromatic carbocycles. The molecule has 0 unspecified atom stereocenters. The number of carbonyl (C=O) groups excluding carboxylic acids is 3. The number of benzene rings is 1. The topological polar surface area (TPSA) is 141 Å². The van der Waals surface area contributed by atoms with Gasteiger partial charge in [0.25, 0.3) is 11.8 Å². The summed E-state index contributed by atoms with van der Waals surface area (Å²) < 4.78 is 17.1. The number of nitrogens with two attached hydrogens (primary N) is 1. The van der Waals surface area contributed by atoms with Gasteiger partial charge >= 0.3 is 6.09 Å². The number of hydrogen-bond acceptors (Lipinski definition) is 7. The third-order valence-corrected chi connectivity index (χ3v) is 5.89. The van der Waals surface area contributed by atoms with Gasteiger partial charge in [-0.3, -0.25) is 20.4 Å². The van der Waals surface area contributed by atoms with E-state index >= 15 is 0 Å². The van der Waals surface area contributed by atoms with Gasteiger partial charge in [-0.25, -0.2) is 16.1 Å². The number of nitrogens with one attached hydrogen (secondary N) is 3. The summed E-state index contributed by atoms with van der Waals surface area (Å²) in [4.78, 5) is 37.6. The van der Waals surface area contributed by atoms with Crippen molar-refractivity contribution in [2.45, 2.75) is 117 Å². The zero-order chi connectivity index (χ0) is 29.1. The summed E-state index contributed by atoms with van der Waals surface area (Å²) in [5, 5.41) is 0. The number of hydrogen-bond donors (Lipinski definition) is 4. The third kappa shape index (κ3) is 14.6. The van der Waals surface area contributed by atoms with E-state index in [4.69, 9.17) is 20.1 Å². The van der Waals surface area contributed by atoms with Gasteiger partial charge in [0, 0.05) is 6.07 Å². The Balaban J connectivity index is 3.04. The smallest absolute Gasteiger partial charge is 0.426 e. The summed E-state index contributed by atoms with van der Waals surface area (Å²) in [5.74, 6) is 4.65. The van der Waals surface area contributed by atoms with Crippen LogP contribution in [0.4, 0.5) is 4.79 Å². The molecule has 39 heavy (non-hydrogen) atoms. The van der Waals surface area contributed by atoms with E-state index in [9.17, 15) is 14.4 Å². The molecule has 0 radical (unpaired) electrons. The molecule has 0 aromatic heterocycles. The first-order chi connectivity index (χ1) is 18.6. The first-order valence-corrected chi connectivity index (χ1v) is 14.4. The van der Waals surface area contributed by atoms with Crippen LogP contribution >= 0.6 is 0 Å². The highest BCUT2D eigenvalue weighted by Gasteiger charge is 2.23. The molecule has 0 aliphatic heterocycles. The predicted octanol–water partition coefficient (Wildman–Crippen LogP) is 5.94. The molecule has 10 heteroatoms. The van der Waals surface area contributed by atoms with Crippen LogP contribution in [0.25, 0.3) is 0 Å². The molecule has 0 saturated carbocycles. The van der Waals surface area contributed by atoms with Gasteiger partial charge in [0.2, 0.25) is 0 Å². The third-order valence-electron chi connectivity index (χ3n) is 5.89. The second-order valence-electron chi connectivity index (χ2n) is 10.6. The van der Waals surface area contributed by atoms with E-state index < -0.39 is 23.5 Å². The van der Waals surface area contributed by atoms with Gasteiger partial charge in [-0.2, -0.15) is 0 Å². The monoisotopic (exact) mass is 550 g/mol. The molecule has 0 spiro atoms. The first-order valence-electron chi connectivity index (χ1n) is 14.4. The highest BCUT2D eigenvalue weighted by molar-refractivity contribution is 6.03. The van der Waals surface area contributed by atoms with Crippen molar-refractivity contribution in [2.24, 2.45) is 5.84 Å². The molecule has 5 N–H and O–H groups in total. The number of carbonyl (C=O) groups is 3. The van der Waals surface area contributed by atoms with Crippen LogP contribution < -0.4 is 31.6 Å². The van der Waals surface area contributed by atoms with Gasteiger partial charge in [0.1, 0.15) is 17.1 Å². The number of nitrogen functional groups attached to an aromatic ring is 1. The quantitative estimate of drug-likeness (QED) is 0.0767. The normalized spacial score (nSPS) is 11.0. The molecule has 222 valence electrons. The summed E-state index contributed by atoms with van der Waals surface area (Å²) in [6.45, 7) is 10.3. The Morgan fingerprint density at radius 1 is 0.692 bits per heavy atom. The molecular formula is C29H50N4O6. The number of ether oxygens (including phenoxy) is 3. The van der Waals surface area contributed by atoms with E-state index in [2.05, 4.69) is 30.1 Å². The summed E-state index contributed by atoms with van der Waals surface area (Å²) in [6, 6.07) is 2.91. The largest absolute Gasteiger partial charge is 0.493 e. The SMILES string of the molecule is CCCCCCCCOc1cc(OCCCCCCCC)c(C(=O)NNC(=O)OC(C)(C)C)cc1C(=O)NN. The van der Waals surface area contributed by atoms with E-state index in [0.717, 1.165) is 38.5 Å². The molecule has 10 nitrogen and oxygen atoms in total. The van der Waals surface area contributed by atoms with Crippen molar-refractivity contribution in [3.8, 4) is 11.5 Å². The van der Waals surface area contributed by atoms with Gasteiger partial charge in [0.15, 0.2) is 0 Å². The standard InChI is InChI=1S/C29H50N4O6/c1-6-8-10-12-14-16-18-37-24-21-25(38-19-17-15-13-11-9-7-2)23(20-22(24)26(34)31-30)27(35)32-33-28(36)39-29(3,4)5/h20-21H,6-19,30H2,1-5H3,(H,31,34)(H,32,35)(H,33,36). The minimum atomic E-state index is -0.816. The van der Waals surface area contributed by atoms with Crippen LogP contribution in [0, 0.1) is 0 Å². The van der Waals surface area contributed by atoms with E-state index in [0.29, 0.717) is 13.2 Å². The lowest BCUT2D eigenvalue weighted by atomic mass is 10.1. The van der Waals surface area contributed by atoms with Gasteiger partial charge in [-0.1, -0.05) is 78.1 Å². The van der Waals surface area contributed by atoms with E-state index in [1.165, 1.54) is 44.6 Å². The fourth-order valence-electron chi connectivity index (χ4n) is 3.84. The fourth-order valence-corrected chi connectivity index (χ4v) is 3.84. The molecule has 0 fully saturated rings. The first kappa shape index (κ1) is 34.0. The average Bonchev–Trinajstić information content (AvgIpc) is 2.89. The molecule has 0 heterocycles. The lowest BCUT2D eigenvalue weighted by Gasteiger charge is -2.20. The minimum absolute atomic E-state index is 0.0579. The Labute approximate surface area is 234 Å². The zero-order valence-corrected chi connectivity index (χ0v) is 24.6. The maximum atomic E-state index is 13.0. The molecule has 0 bridgehead atoms. The van der Waals surface area contributed by atoms with Crippen LogP contribution in [0.2, 0.25) is 0 Å². The van der Waals surface area contributed by atoms with Gasteiger partial charge in [0.05, 0.1) is 24.3 Å². The molecule has 1 rings (SSSR count). The van der Waals surface area contributed by atoms with Crippen molar-refractivity contribution in [2.75, 3.05) is 13.2 Å². The van der Waals surface area contributed by atoms with Gasteiger partial charge in [-0.05, 0) is 39.7 Å². The van der Waals surface area contributed by atoms with Crippen molar-refractivity contribution in [1.29, 1.82) is 0 Å². The highest BCUT2D eigenvalue weighted by atomic mass is 16.6. The number of hydrazine groups is 2. The highest BCUT2D eigenvalue weighted by Crippen LogP contribution is 2.30. The van der Waals surface area contributed by atoms with E-state index in [1.807, 2.05) is 0 Å². The van der Waals surface area contributed by atoms with E-state index in [-0.39, 0.29) is 22.6 Å². The second-order valence-corrected chi connectivity index (χ2v) is 10.6. The Morgan fingerprint density at radius 2 is 1.15 bits per heavy atom. The predicted molar refractivity (Wildman–Crippen MR) is 153 cm³/mol. The van der Waals surface area contributed by atoms with Crippen molar-refractivity contribution in [3.63, 3.8) is 0 Å². The number of unbranched alkanes of at least 4 members (excludes halogenated alkanes) is 10. The second kappa shape index (κ2) is 19.1. The Morgan fingerprint density at radius 3 is 1.62 bits per heavy atom. The van der Waals surface area contributed by atoms with Crippen LogP contribution in [0.1, 0.15) is 132 Å². The molecule has 1 aromatic rings.